The summed E-state index contributed by atoms with van der Waals surface area (Å²) in [6, 6.07) is 33.4. The third-order valence-corrected chi connectivity index (χ3v) is 6.44. The van der Waals surface area contributed by atoms with Gasteiger partial charge in [-0.15, -0.1) is 0 Å². The number of hydrogen-bond donors (Lipinski definition) is 1. The van der Waals surface area contributed by atoms with Crippen molar-refractivity contribution in [1.82, 2.24) is 0 Å². The lowest BCUT2D eigenvalue weighted by molar-refractivity contribution is -0.132. The van der Waals surface area contributed by atoms with Gasteiger partial charge < -0.3 is 9.84 Å². The Morgan fingerprint density at radius 1 is 0.853 bits per heavy atom. The number of carbonyl (C=O) groups is 1. The number of halogens is 1. The van der Waals surface area contributed by atoms with E-state index >= 15 is 0 Å². The van der Waals surface area contributed by atoms with E-state index in [4.69, 9.17) is 16.3 Å². The molecule has 0 radical (unpaired) electrons. The Hall–Kier alpha value is -3.82. The summed E-state index contributed by atoms with van der Waals surface area (Å²) in [4.78, 5) is 12.4. The molecule has 0 amide bonds. The highest BCUT2D eigenvalue weighted by molar-refractivity contribution is 6.30. The lowest BCUT2D eigenvalue weighted by Crippen LogP contribution is -2.20. The van der Waals surface area contributed by atoms with Crippen molar-refractivity contribution in [2.75, 3.05) is 0 Å². The maximum Gasteiger partial charge on any atom is 0.335 e. The molecule has 5 rings (SSSR count). The van der Waals surface area contributed by atoms with Crippen LogP contribution in [0.4, 0.5) is 0 Å². The van der Waals surface area contributed by atoms with E-state index in [0.29, 0.717) is 34.9 Å². The molecule has 4 heteroatoms. The summed E-state index contributed by atoms with van der Waals surface area (Å²) < 4.78 is 6.24. The van der Waals surface area contributed by atoms with Crippen LogP contribution in [0.1, 0.15) is 29.0 Å². The first-order valence-electron chi connectivity index (χ1n) is 11.2. The molecule has 3 nitrogen and oxygen atoms in total. The number of hydrogen-bond acceptors (Lipinski definition) is 2. The van der Waals surface area contributed by atoms with Gasteiger partial charge in [-0.1, -0.05) is 84.4 Å². The molecule has 0 spiro atoms. The first-order valence-corrected chi connectivity index (χ1v) is 11.6. The van der Waals surface area contributed by atoms with Crippen molar-refractivity contribution in [2.24, 2.45) is 0 Å². The fourth-order valence-electron chi connectivity index (χ4n) is 4.53. The van der Waals surface area contributed by atoms with Crippen molar-refractivity contribution in [3.8, 4) is 16.9 Å². The summed E-state index contributed by atoms with van der Waals surface area (Å²) in [7, 11) is 0. The lowest BCUT2D eigenvalue weighted by atomic mass is 9.78. The Bertz CT molecular complexity index is 1340. The van der Waals surface area contributed by atoms with Crippen molar-refractivity contribution in [1.29, 1.82) is 0 Å². The average Bonchev–Trinajstić information content (AvgIpc) is 2.87. The van der Waals surface area contributed by atoms with Crippen molar-refractivity contribution in [2.45, 2.75) is 18.8 Å². The first-order chi connectivity index (χ1) is 16.6. The van der Waals surface area contributed by atoms with Crippen LogP contribution in [0.25, 0.3) is 16.9 Å². The Balaban J connectivity index is 1.63. The first kappa shape index (κ1) is 22.0. The number of benzene rings is 4. The molecule has 1 aliphatic carbocycles. The molecule has 0 bridgehead atoms. The zero-order chi connectivity index (χ0) is 23.5. The minimum Gasteiger partial charge on any atom is -0.478 e. The molecule has 0 saturated heterocycles. The quantitative estimate of drug-likeness (QED) is 0.318. The molecule has 0 fully saturated rings. The van der Waals surface area contributed by atoms with E-state index in [-0.39, 0.29) is 5.92 Å². The van der Waals surface area contributed by atoms with Gasteiger partial charge in [0.05, 0.1) is 5.57 Å². The molecular formula is C30H23ClO3. The molecular weight excluding hydrogens is 444 g/mol. The highest BCUT2D eigenvalue weighted by Gasteiger charge is 2.32. The van der Waals surface area contributed by atoms with Gasteiger partial charge in [0.25, 0.3) is 0 Å². The van der Waals surface area contributed by atoms with Crippen LogP contribution in [0, 0.1) is 0 Å². The van der Waals surface area contributed by atoms with Gasteiger partial charge in [-0.3, -0.25) is 0 Å². The van der Waals surface area contributed by atoms with Crippen molar-refractivity contribution < 1.29 is 14.6 Å². The SMILES string of the molecule is O=C(O)C1=C(Oc2ccccc2)c2cc(-c3ccccc3)ccc2C(Cc2ccc(Cl)cc2)C1. The van der Waals surface area contributed by atoms with Crippen LogP contribution in [0.3, 0.4) is 0 Å². The Labute approximate surface area is 203 Å². The van der Waals surface area contributed by atoms with Crippen LogP contribution >= 0.6 is 11.6 Å². The van der Waals surface area contributed by atoms with Crippen molar-refractivity contribution in [3.63, 3.8) is 0 Å². The van der Waals surface area contributed by atoms with E-state index in [1.54, 1.807) is 0 Å². The molecule has 0 aromatic heterocycles. The molecule has 34 heavy (non-hydrogen) atoms. The maximum absolute atomic E-state index is 12.4. The number of fused-ring (bicyclic) bond motifs is 1. The van der Waals surface area contributed by atoms with Gasteiger partial charge in [-0.05, 0) is 71.3 Å². The number of para-hydroxylation sites is 1. The summed E-state index contributed by atoms with van der Waals surface area (Å²) >= 11 is 6.07. The molecule has 4 aromatic carbocycles. The second kappa shape index (κ2) is 9.58. The van der Waals surface area contributed by atoms with Crippen molar-refractivity contribution >= 4 is 23.3 Å². The minimum absolute atomic E-state index is 0.00947. The van der Waals surface area contributed by atoms with E-state index in [9.17, 15) is 9.90 Å². The smallest absolute Gasteiger partial charge is 0.335 e. The van der Waals surface area contributed by atoms with Gasteiger partial charge in [-0.2, -0.15) is 0 Å². The molecule has 0 saturated carbocycles. The highest BCUT2D eigenvalue weighted by Crippen LogP contribution is 2.43. The maximum atomic E-state index is 12.4. The largest absolute Gasteiger partial charge is 0.478 e. The standard InChI is InChI=1S/C30H23ClO3/c31-24-14-11-20(12-15-24)17-23-19-28(30(32)33)29(34-25-9-5-2-6-10-25)27-18-22(13-16-26(23)27)21-7-3-1-4-8-21/h1-16,18,23H,17,19H2,(H,32,33). The fraction of sp³-hybridized carbons (Fsp3) is 0.100. The fourth-order valence-corrected chi connectivity index (χ4v) is 4.65. The average molecular weight is 467 g/mol. The van der Waals surface area contributed by atoms with Crippen molar-refractivity contribution in [3.05, 3.63) is 130 Å². The molecule has 1 unspecified atom stereocenters. The van der Waals surface area contributed by atoms with Gasteiger partial charge in [0, 0.05) is 10.6 Å². The third kappa shape index (κ3) is 4.61. The third-order valence-electron chi connectivity index (χ3n) is 6.19. The van der Waals surface area contributed by atoms with Crippen LogP contribution < -0.4 is 4.74 Å². The molecule has 4 aromatic rings. The highest BCUT2D eigenvalue weighted by atomic mass is 35.5. The van der Waals surface area contributed by atoms with Crippen LogP contribution in [0.5, 0.6) is 5.75 Å². The molecule has 1 aliphatic rings. The van der Waals surface area contributed by atoms with Gasteiger partial charge >= 0.3 is 5.97 Å². The second-order valence-corrected chi connectivity index (χ2v) is 8.86. The van der Waals surface area contributed by atoms with E-state index < -0.39 is 5.97 Å². The van der Waals surface area contributed by atoms with Crippen LogP contribution in [-0.2, 0) is 11.2 Å². The lowest BCUT2D eigenvalue weighted by Gasteiger charge is -2.29. The number of carboxylic acids is 1. The van der Waals surface area contributed by atoms with Gasteiger partial charge in [0.1, 0.15) is 11.5 Å². The summed E-state index contributed by atoms with van der Waals surface area (Å²) in [5.41, 5.74) is 5.41. The van der Waals surface area contributed by atoms with Gasteiger partial charge in [-0.25, -0.2) is 4.79 Å². The van der Waals surface area contributed by atoms with E-state index in [1.807, 2.05) is 72.8 Å². The summed E-state index contributed by atoms with van der Waals surface area (Å²) in [5.74, 6) is 0.0836. The van der Waals surface area contributed by atoms with E-state index in [1.165, 1.54) is 0 Å². The Morgan fingerprint density at radius 2 is 1.53 bits per heavy atom. The van der Waals surface area contributed by atoms with Crippen LogP contribution in [-0.4, -0.2) is 11.1 Å². The van der Waals surface area contributed by atoms with Gasteiger partial charge in [0.2, 0.25) is 0 Å². The Morgan fingerprint density at radius 3 is 2.21 bits per heavy atom. The van der Waals surface area contributed by atoms with E-state index in [0.717, 1.165) is 27.8 Å². The monoisotopic (exact) mass is 466 g/mol. The van der Waals surface area contributed by atoms with Crippen LogP contribution in [0.15, 0.2) is 109 Å². The predicted molar refractivity (Wildman–Crippen MR) is 136 cm³/mol. The number of carboxylic acid groups (broad SMARTS) is 1. The topological polar surface area (TPSA) is 46.5 Å². The van der Waals surface area contributed by atoms with Gasteiger partial charge in [0.15, 0.2) is 0 Å². The number of rotatable bonds is 6. The summed E-state index contributed by atoms with van der Waals surface area (Å²) in [6.45, 7) is 0. The molecule has 0 aliphatic heterocycles. The summed E-state index contributed by atoms with van der Waals surface area (Å²) in [6.07, 6.45) is 1.10. The Kier molecular flexibility index (Phi) is 6.20. The molecule has 168 valence electrons. The van der Waals surface area contributed by atoms with E-state index in [2.05, 4.69) is 30.3 Å². The minimum atomic E-state index is -0.956. The summed E-state index contributed by atoms with van der Waals surface area (Å²) in [5, 5.41) is 10.8. The number of ether oxygens (including phenoxy) is 1. The second-order valence-electron chi connectivity index (χ2n) is 8.43. The number of aliphatic carboxylic acids is 1. The normalized spacial score (nSPS) is 15.0. The predicted octanol–water partition coefficient (Wildman–Crippen LogP) is 7.61. The zero-order valence-electron chi connectivity index (χ0n) is 18.4. The molecule has 1 atom stereocenters. The molecule has 1 N–H and O–H groups in total. The zero-order valence-corrected chi connectivity index (χ0v) is 19.2. The van der Waals surface area contributed by atoms with Crippen LogP contribution in [0.2, 0.25) is 5.02 Å². The molecule has 0 heterocycles.